The fourth-order valence-electron chi connectivity index (χ4n) is 6.48. The van der Waals surface area contributed by atoms with Crippen molar-refractivity contribution in [1.82, 2.24) is 4.98 Å². The van der Waals surface area contributed by atoms with E-state index in [-0.39, 0.29) is 5.56 Å². The number of hydrogen-bond acceptors (Lipinski definition) is 2. The number of carboxylic acid groups (broad SMARTS) is 1. The third-order valence-electron chi connectivity index (χ3n) is 8.02. The van der Waals surface area contributed by atoms with Gasteiger partial charge >= 0.3 is 128 Å². The van der Waals surface area contributed by atoms with Crippen molar-refractivity contribution in [2.45, 2.75) is 108 Å². The van der Waals surface area contributed by atoms with Gasteiger partial charge in [0.2, 0.25) is 0 Å². The van der Waals surface area contributed by atoms with Crippen LogP contribution in [0.2, 0.25) is 11.8 Å². The molecule has 0 amide bonds. The average Bonchev–Trinajstić information content (AvgIpc) is 3.30. The Bertz CT molecular complexity index is 771. The molecule has 1 aromatic heterocycles. The minimum atomic E-state index is -1.15. The van der Waals surface area contributed by atoms with E-state index >= 15 is 0 Å². The van der Waals surface area contributed by atoms with Crippen molar-refractivity contribution in [1.29, 1.82) is 0 Å². The number of aromatic amines is 1. The van der Waals surface area contributed by atoms with Gasteiger partial charge in [0, 0.05) is 11.7 Å². The van der Waals surface area contributed by atoms with Crippen LogP contribution >= 0.6 is 0 Å². The summed E-state index contributed by atoms with van der Waals surface area (Å²) in [4.78, 5) is 13.4. The third-order valence-corrected chi connectivity index (χ3v) is 21.0. The summed E-state index contributed by atoms with van der Waals surface area (Å²) in [5.74, 6) is -1.15. The van der Waals surface area contributed by atoms with Crippen molar-refractivity contribution in [3.05, 3.63) is 36.0 Å². The molecule has 0 bridgehead atoms. The number of carboxylic acids is 1. The summed E-state index contributed by atoms with van der Waals surface area (Å²) in [6, 6.07) is 6.72. The molecule has 3 nitrogen and oxygen atoms in total. The topological polar surface area (TPSA) is 55.9 Å². The Labute approximate surface area is 195 Å². The Morgan fingerprint density at radius 3 is 1.68 bits per heavy atom. The molecule has 0 radical (unpaired) electrons. The number of fused-ring (bicyclic) bond motifs is 1. The van der Waals surface area contributed by atoms with E-state index in [0.29, 0.717) is 0 Å². The van der Waals surface area contributed by atoms with Crippen LogP contribution in [0.3, 0.4) is 0 Å². The van der Waals surface area contributed by atoms with E-state index in [2.05, 4.69) is 4.98 Å². The van der Waals surface area contributed by atoms with Gasteiger partial charge in [0.15, 0.2) is 0 Å². The van der Waals surface area contributed by atoms with Gasteiger partial charge in [0.1, 0.15) is 0 Å². The van der Waals surface area contributed by atoms with E-state index in [1.807, 2.05) is 6.07 Å². The molecule has 0 saturated heterocycles. The molecule has 1 N–H and O–H groups in total. The van der Waals surface area contributed by atoms with Crippen LogP contribution in [0.1, 0.15) is 107 Å². The van der Waals surface area contributed by atoms with Gasteiger partial charge < -0.3 is 14.9 Å². The zero-order valence-corrected chi connectivity index (χ0v) is 21.9. The zero-order valence-electron chi connectivity index (χ0n) is 19.0. The van der Waals surface area contributed by atoms with E-state index in [1.165, 1.54) is 17.9 Å². The molecule has 1 heterocycles. The first-order valence-electron chi connectivity index (χ1n) is 12.9. The summed E-state index contributed by atoms with van der Waals surface area (Å²) in [6.07, 6.45) is 26.0. The maximum absolute atomic E-state index is 10.4. The van der Waals surface area contributed by atoms with Crippen LogP contribution in [-0.4, -0.2) is 30.7 Å². The van der Waals surface area contributed by atoms with Gasteiger partial charge in [-0.1, -0.05) is 12.1 Å². The normalized spacial score (nSPS) is 21.4. The number of carbonyl (C=O) groups excluding carboxylic acids is 1. The van der Waals surface area contributed by atoms with Crippen molar-refractivity contribution in [2.75, 3.05) is 0 Å². The van der Waals surface area contributed by atoms with Gasteiger partial charge in [-0.2, -0.15) is 0 Å². The monoisotopic (exact) mass is 529 g/mol. The summed E-state index contributed by atoms with van der Waals surface area (Å²) in [5, 5.41) is 11.4. The summed E-state index contributed by atoms with van der Waals surface area (Å²) in [7, 11) is 0. The molecule has 0 atom stereocenters. The maximum Gasteiger partial charge on any atom is 0.0716 e. The minimum absolute atomic E-state index is 0.199. The molecule has 3 fully saturated rings. The van der Waals surface area contributed by atoms with Gasteiger partial charge in [-0.3, -0.25) is 0 Å². The fourth-order valence-corrected chi connectivity index (χ4v) is 21.4. The number of nitrogens with one attached hydrogen (secondary N) is 1. The van der Waals surface area contributed by atoms with Crippen LogP contribution in [-0.2, 0) is 0 Å². The standard InChI is InChI=1S/C9H7NO2.3C6H11.Sn/c11-9(12)7-2-1-6-3-4-10-8(6)5-7;3*1-2-4-6-5-3-1;/h1-5,10H,(H,11,12);3*1H,2-6H2;/q;;;;+1/p-1. The number of H-pyrrole nitrogens is 1. The van der Waals surface area contributed by atoms with Crippen molar-refractivity contribution in [3.8, 4) is 0 Å². The quantitative estimate of drug-likeness (QED) is 0.434. The van der Waals surface area contributed by atoms with Gasteiger partial charge in [-0.25, -0.2) is 0 Å². The van der Waals surface area contributed by atoms with Gasteiger partial charge in [0.25, 0.3) is 0 Å². The summed E-state index contributed by atoms with van der Waals surface area (Å²) in [5.41, 5.74) is 1.02. The second kappa shape index (κ2) is 11.8. The van der Waals surface area contributed by atoms with Crippen LogP contribution in [0.4, 0.5) is 0 Å². The first-order valence-corrected chi connectivity index (χ1v) is 17.8. The predicted molar refractivity (Wildman–Crippen MR) is 129 cm³/mol. The molecule has 3 aliphatic rings. The minimum Gasteiger partial charge on any atom is -0.545 e. The summed E-state index contributed by atoms with van der Waals surface area (Å²) in [6.45, 7) is 0. The van der Waals surface area contributed by atoms with Crippen LogP contribution in [0.25, 0.3) is 10.9 Å². The summed E-state index contributed by atoms with van der Waals surface area (Å²) >= 11 is -1.15. The Morgan fingerprint density at radius 1 is 0.742 bits per heavy atom. The fraction of sp³-hybridized carbons (Fsp3) is 0.667. The third kappa shape index (κ3) is 6.30. The van der Waals surface area contributed by atoms with Crippen LogP contribution in [0.5, 0.6) is 0 Å². The number of aromatic carboxylic acids is 1. The van der Waals surface area contributed by atoms with Gasteiger partial charge in [-0.15, -0.1) is 0 Å². The second-order valence-corrected chi connectivity index (χ2v) is 19.9. The van der Waals surface area contributed by atoms with Gasteiger partial charge in [-0.05, 0) is 23.1 Å². The van der Waals surface area contributed by atoms with E-state index in [1.54, 1.807) is 115 Å². The van der Waals surface area contributed by atoms with Gasteiger partial charge in [0.05, 0.1) is 5.97 Å². The Morgan fingerprint density at radius 2 is 1.23 bits per heavy atom. The predicted octanol–water partition coefficient (Wildman–Crippen LogP) is 7.02. The molecule has 0 spiro atoms. The van der Waals surface area contributed by atoms with Crippen LogP contribution in [0.15, 0.2) is 30.5 Å². The first-order chi connectivity index (χ1) is 15.2. The molecular weight excluding hydrogens is 489 g/mol. The molecule has 2 aromatic rings. The molecule has 4 heteroatoms. The molecule has 168 valence electrons. The molecule has 0 aliphatic heterocycles. The Balaban J connectivity index is 0.000000166. The molecule has 3 saturated carbocycles. The molecule has 3 aliphatic carbocycles. The molecule has 31 heavy (non-hydrogen) atoms. The number of benzene rings is 1. The Kier molecular flexibility index (Phi) is 8.80. The number of carbonyl (C=O) groups is 1. The number of rotatable bonds is 4. The second-order valence-electron chi connectivity index (χ2n) is 10.1. The van der Waals surface area contributed by atoms with Crippen molar-refractivity contribution >= 4 is 36.6 Å². The molecule has 0 unspecified atom stereocenters. The van der Waals surface area contributed by atoms with Crippen LogP contribution in [0, 0.1) is 0 Å². The first kappa shape index (κ1) is 23.2. The Hall–Kier alpha value is -0.971. The zero-order chi connectivity index (χ0) is 21.5. The average molecular weight is 528 g/mol. The van der Waals surface area contributed by atoms with Crippen molar-refractivity contribution in [3.63, 3.8) is 0 Å². The largest absolute Gasteiger partial charge is 0.545 e. The van der Waals surface area contributed by atoms with Crippen molar-refractivity contribution in [2.24, 2.45) is 0 Å². The van der Waals surface area contributed by atoms with Crippen LogP contribution < -0.4 is 5.11 Å². The molecule has 5 rings (SSSR count). The summed E-state index contributed by atoms with van der Waals surface area (Å²) < 4.78 is 3.96. The van der Waals surface area contributed by atoms with E-state index in [0.717, 1.165) is 10.9 Å². The number of hydrogen-bond donors (Lipinski definition) is 1. The number of aromatic nitrogens is 1. The van der Waals surface area contributed by atoms with E-state index in [4.69, 9.17) is 0 Å². The smallest absolute Gasteiger partial charge is 0.0716 e. The van der Waals surface area contributed by atoms with E-state index in [9.17, 15) is 9.90 Å². The SMILES string of the molecule is C1CC[CH]([Sn+]([CH]2CCCCC2)[CH]2CCCCC2)CC1.O=C([O-])c1ccc2cc[nH]c2c1. The molecular formula is C27H39NO2Sn. The maximum atomic E-state index is 10.4. The van der Waals surface area contributed by atoms with Crippen molar-refractivity contribution < 1.29 is 9.90 Å². The van der Waals surface area contributed by atoms with E-state index < -0.39 is 25.7 Å². The molecule has 1 aromatic carbocycles.